The van der Waals surface area contributed by atoms with Gasteiger partial charge in [0.2, 0.25) is 0 Å². The van der Waals surface area contributed by atoms with Crippen molar-refractivity contribution in [2.24, 2.45) is 0 Å². The van der Waals surface area contributed by atoms with Gasteiger partial charge in [-0.1, -0.05) is 0 Å². The number of benzene rings is 4. The van der Waals surface area contributed by atoms with Crippen molar-refractivity contribution in [3.8, 4) is 11.1 Å². The monoisotopic (exact) mass is 958 g/mol. The number of alkyl halides is 4. The fourth-order valence-electron chi connectivity index (χ4n) is 7.31. The van der Waals surface area contributed by atoms with E-state index < -0.39 is 67.9 Å². The average molecular weight is 959 g/mol. The first-order valence-corrected chi connectivity index (χ1v) is 24.5. The van der Waals surface area contributed by atoms with Crippen LogP contribution in [-0.4, -0.2) is 33.3 Å². The van der Waals surface area contributed by atoms with Gasteiger partial charge in [-0.3, -0.25) is 0 Å². The molecule has 1 heterocycles. The van der Waals surface area contributed by atoms with Gasteiger partial charge in [0.1, 0.15) is 0 Å². The van der Waals surface area contributed by atoms with Crippen LogP contribution < -0.4 is 42.4 Å². The molecular weight excluding hydrogens is 918 g/mol. The van der Waals surface area contributed by atoms with Crippen LogP contribution >= 0.6 is 30.1 Å². The Bertz CT molecular complexity index is 1750. The van der Waals surface area contributed by atoms with Crippen LogP contribution in [0, 0.1) is 0 Å². The number of fused-ring (bicyclic) bond motifs is 3. The summed E-state index contributed by atoms with van der Waals surface area (Å²) in [6.45, 7) is 0.658. The maximum absolute atomic E-state index is 14.5. The molecule has 0 spiro atoms. The summed E-state index contributed by atoms with van der Waals surface area (Å²) >= 11 is 4.48. The number of carbonyl (C=O) groups excluding carboxylic acids is 1. The van der Waals surface area contributed by atoms with Gasteiger partial charge < -0.3 is 0 Å². The second-order valence-electron chi connectivity index (χ2n) is 13.1. The summed E-state index contributed by atoms with van der Waals surface area (Å²) in [6, 6.07) is 31.3. The van der Waals surface area contributed by atoms with Gasteiger partial charge in [0, 0.05) is 0 Å². The Hall–Kier alpha value is -0.735. The van der Waals surface area contributed by atoms with E-state index >= 15 is 0 Å². The van der Waals surface area contributed by atoms with E-state index in [0.717, 1.165) is 78.9 Å². The summed E-state index contributed by atoms with van der Waals surface area (Å²) in [6.07, 6.45) is 8.50. The van der Waals surface area contributed by atoms with Crippen LogP contribution in [0.3, 0.4) is 0 Å². The van der Waals surface area contributed by atoms with Crippen molar-refractivity contribution in [1.82, 2.24) is 0 Å². The van der Waals surface area contributed by atoms with E-state index in [0.29, 0.717) is 25.5 Å². The molecule has 6 rings (SSSR count). The average Bonchev–Trinajstić information content (AvgIpc) is 3.40. The van der Waals surface area contributed by atoms with Crippen molar-refractivity contribution in [1.29, 1.82) is 0 Å². The van der Waals surface area contributed by atoms with Crippen LogP contribution in [0.25, 0.3) is 11.1 Å². The van der Waals surface area contributed by atoms with Crippen LogP contribution in [0.5, 0.6) is 0 Å². The van der Waals surface area contributed by atoms with Crippen LogP contribution in [0.15, 0.2) is 107 Å². The van der Waals surface area contributed by atoms with Crippen LogP contribution in [0.4, 0.5) is 4.39 Å². The van der Waals surface area contributed by atoms with Crippen LogP contribution in [0.2, 0.25) is 24.0 Å². The Morgan fingerprint density at radius 2 is 1.53 bits per heavy atom. The number of unbranched alkanes of at least 4 members (excludes halogenated alkanes) is 1. The van der Waals surface area contributed by atoms with Gasteiger partial charge in [0.15, 0.2) is 0 Å². The number of halogens is 4. The van der Waals surface area contributed by atoms with Crippen molar-refractivity contribution in [3.63, 3.8) is 0 Å². The van der Waals surface area contributed by atoms with E-state index in [1.165, 1.54) is 0 Å². The van der Waals surface area contributed by atoms with Gasteiger partial charge >= 0.3 is 326 Å². The normalized spacial score (nSPS) is 17.1. The molecule has 1 fully saturated rings. The molecule has 4 aromatic carbocycles. The standard InChI is InChI=1S/C38H41BClFI2O3P2S/c40-26-15-17-28(18-16-26)49(46)34-14-6-3-11-31(34)35(44)43-27-19-23-39(24-20-27)22-8-7-21-37(36(45)42-25-38(41,47)48)32-12-4-1-9-29(32)30-10-2-5-13-33(30)37/h1-6,9-18,27,35,44H,7-8,19-25,47-48H2/q-2. The zero-order chi connectivity index (χ0) is 34.6. The summed E-state index contributed by atoms with van der Waals surface area (Å²) in [5, 5.41) is 10.5. The molecule has 2 aliphatic rings. The molecule has 0 bridgehead atoms. The van der Waals surface area contributed by atoms with Crippen molar-refractivity contribution >= 4 is 51.4 Å². The Morgan fingerprint density at radius 3 is 2.16 bits per heavy atom. The summed E-state index contributed by atoms with van der Waals surface area (Å²) < 4.78 is 28.4. The van der Waals surface area contributed by atoms with Gasteiger partial charge in [-0.2, -0.15) is 0 Å². The first-order chi connectivity index (χ1) is 23.6. The maximum atomic E-state index is 14.5. The zero-order valence-corrected chi connectivity index (χ0v) is 35.4. The number of carbonyl (C=O) groups is 1. The number of aliphatic hydroxyl groups excluding tert-OH is 1. The van der Waals surface area contributed by atoms with Gasteiger partial charge in [-0.05, 0) is 0 Å². The zero-order valence-electron chi connectivity index (χ0n) is 27.2. The van der Waals surface area contributed by atoms with Crippen LogP contribution in [-0.2, 0) is 21.0 Å². The van der Waals surface area contributed by atoms with E-state index in [9.17, 15) is 18.5 Å². The van der Waals surface area contributed by atoms with Crippen molar-refractivity contribution in [2.45, 2.75) is 79.5 Å². The molecule has 1 N–H and O–H groups in total. The predicted molar refractivity (Wildman–Crippen MR) is 200 cm³/mol. The molecule has 260 valence electrons. The summed E-state index contributed by atoms with van der Waals surface area (Å²) in [7, 11) is 3.10. The van der Waals surface area contributed by atoms with Crippen molar-refractivity contribution in [2.75, 3.05) is 4.43 Å². The van der Waals surface area contributed by atoms with E-state index in [4.69, 9.17) is 11.6 Å². The number of hydrogen-bond donors (Lipinski definition) is 1. The topological polar surface area (TPSA) is 54.4 Å². The summed E-state index contributed by atoms with van der Waals surface area (Å²) in [5.74, 6) is 0. The Balaban J connectivity index is 1.05. The quantitative estimate of drug-likeness (QED) is 0.0528. The van der Waals surface area contributed by atoms with E-state index in [2.05, 4.69) is 42.7 Å². The fourth-order valence-corrected chi connectivity index (χ4v) is 15.7. The minimum atomic E-state index is -1.50. The molecule has 0 amide bonds. The molecule has 4 unspecified atom stereocenters. The van der Waals surface area contributed by atoms with Gasteiger partial charge in [-0.15, -0.1) is 0 Å². The second kappa shape index (κ2) is 16.9. The SMILES string of the molecule is O=C([I-]CC(F)(P)P)C1(CCCCB2CCC([I-]C(O)c3ccccc3S(=O)c3ccc(Cl)cc3)CC2)c2ccccc2-c2ccccc21. The molecule has 3 nitrogen and oxygen atoms in total. The Morgan fingerprint density at radius 1 is 0.939 bits per heavy atom. The van der Waals surface area contributed by atoms with Crippen molar-refractivity contribution < 1.29 is 60.9 Å². The Labute approximate surface area is 323 Å². The first kappa shape index (κ1) is 38.0. The third kappa shape index (κ3) is 8.91. The molecule has 0 saturated carbocycles. The third-order valence-electron chi connectivity index (χ3n) is 9.68. The Kier molecular flexibility index (Phi) is 13.1. The van der Waals surface area contributed by atoms with E-state index in [-0.39, 0.29) is 8.22 Å². The fraction of sp³-hybridized carbons (Fsp3) is 0.342. The van der Waals surface area contributed by atoms with Gasteiger partial charge in [-0.25, -0.2) is 0 Å². The molecule has 0 aromatic heterocycles. The minimum absolute atomic E-state index is 0.220. The van der Waals surface area contributed by atoms with E-state index in [1.54, 1.807) is 24.3 Å². The number of rotatable bonds is 14. The second-order valence-corrected chi connectivity index (χ2v) is 23.7. The molecule has 1 aliphatic carbocycles. The van der Waals surface area contributed by atoms with Crippen molar-refractivity contribution in [3.05, 3.63) is 119 Å². The van der Waals surface area contributed by atoms with Crippen LogP contribution in [0.1, 0.15) is 52.9 Å². The number of aliphatic hydroxyl groups is 1. The van der Waals surface area contributed by atoms with E-state index in [1.807, 2.05) is 48.5 Å². The first-order valence-electron chi connectivity index (χ1n) is 16.7. The predicted octanol–water partition coefficient (Wildman–Crippen LogP) is 3.37. The summed E-state index contributed by atoms with van der Waals surface area (Å²) in [4.78, 5) is 15.6. The molecular formula is C38H41BClFI2O3P2S-2. The molecule has 49 heavy (non-hydrogen) atoms. The van der Waals surface area contributed by atoms with Gasteiger partial charge in [0.25, 0.3) is 0 Å². The van der Waals surface area contributed by atoms with Gasteiger partial charge in [0.05, 0.1) is 0 Å². The third-order valence-corrected chi connectivity index (χ3v) is 20.3. The molecule has 4 aromatic rings. The molecule has 0 radical (unpaired) electrons. The molecule has 1 saturated heterocycles. The molecule has 4 atom stereocenters. The number of hydrogen-bond acceptors (Lipinski definition) is 3. The summed E-state index contributed by atoms with van der Waals surface area (Å²) in [5.41, 5.74) is 4.58. The molecule has 1 aliphatic heterocycles. The molecule has 11 heteroatoms.